The molecular formula is C12H8BrIN2O4S. The maximum absolute atomic E-state index is 12.3. The molecule has 0 atom stereocenters. The summed E-state index contributed by atoms with van der Waals surface area (Å²) in [5.74, 6) is 0. The Kier molecular flexibility index (Phi) is 4.84. The smallest absolute Gasteiger partial charge is 0.279 e. The molecule has 9 heteroatoms. The van der Waals surface area contributed by atoms with Gasteiger partial charge in [0.25, 0.3) is 15.7 Å². The molecule has 0 aliphatic rings. The molecule has 0 saturated heterocycles. The van der Waals surface area contributed by atoms with E-state index in [-0.39, 0.29) is 4.90 Å². The van der Waals surface area contributed by atoms with E-state index < -0.39 is 20.6 Å². The zero-order valence-electron chi connectivity index (χ0n) is 10.3. The van der Waals surface area contributed by atoms with E-state index in [2.05, 4.69) is 43.2 Å². The molecule has 1 N–H and O–H groups in total. The first-order valence-corrected chi connectivity index (χ1v) is 8.87. The van der Waals surface area contributed by atoms with Crippen molar-refractivity contribution in [2.75, 3.05) is 4.72 Å². The topological polar surface area (TPSA) is 89.3 Å². The van der Waals surface area contributed by atoms with Crippen molar-refractivity contribution in [1.82, 2.24) is 0 Å². The highest BCUT2D eigenvalue weighted by Gasteiger charge is 2.26. The van der Waals surface area contributed by atoms with Gasteiger partial charge in [0.1, 0.15) is 0 Å². The van der Waals surface area contributed by atoms with Crippen molar-refractivity contribution < 1.29 is 13.3 Å². The fourth-order valence-corrected chi connectivity index (χ4v) is 3.71. The number of nitro benzene ring substituents is 1. The van der Waals surface area contributed by atoms with E-state index in [0.29, 0.717) is 10.2 Å². The molecule has 0 saturated carbocycles. The van der Waals surface area contributed by atoms with Gasteiger partial charge in [-0.1, -0.05) is 15.9 Å². The molecule has 6 nitrogen and oxygen atoms in total. The Morgan fingerprint density at radius 2 is 1.76 bits per heavy atom. The molecule has 0 unspecified atom stereocenters. The number of nitrogens with zero attached hydrogens (tertiary/aromatic N) is 1. The summed E-state index contributed by atoms with van der Waals surface area (Å²) in [7, 11) is -4.05. The third-order valence-corrected chi connectivity index (χ3v) is 5.13. The molecule has 0 spiro atoms. The average Bonchev–Trinajstić information content (AvgIpc) is 2.41. The number of sulfonamides is 1. The molecule has 2 aromatic rings. The first-order valence-electron chi connectivity index (χ1n) is 5.52. The van der Waals surface area contributed by atoms with Gasteiger partial charge in [-0.25, -0.2) is 8.42 Å². The minimum absolute atomic E-state index is 0.338. The predicted octanol–water partition coefficient (Wildman–Crippen LogP) is 3.76. The quantitative estimate of drug-likeness (QED) is 0.408. The monoisotopic (exact) mass is 482 g/mol. The number of hydrogen-bond donors (Lipinski definition) is 1. The van der Waals surface area contributed by atoms with E-state index in [1.165, 1.54) is 12.1 Å². The van der Waals surface area contributed by atoms with E-state index in [1.54, 1.807) is 24.3 Å². The van der Waals surface area contributed by atoms with Crippen LogP contribution in [-0.4, -0.2) is 13.3 Å². The van der Waals surface area contributed by atoms with Crippen molar-refractivity contribution in [3.8, 4) is 0 Å². The van der Waals surface area contributed by atoms with Crippen LogP contribution in [0.4, 0.5) is 11.4 Å². The van der Waals surface area contributed by atoms with Crippen LogP contribution in [0.15, 0.2) is 51.8 Å². The van der Waals surface area contributed by atoms with E-state index in [4.69, 9.17) is 0 Å². The molecule has 0 bridgehead atoms. The van der Waals surface area contributed by atoms with Crippen molar-refractivity contribution >= 4 is 59.9 Å². The van der Waals surface area contributed by atoms with Gasteiger partial charge in [-0.15, -0.1) is 0 Å². The van der Waals surface area contributed by atoms with Crippen molar-refractivity contribution in [2.24, 2.45) is 0 Å². The second-order valence-electron chi connectivity index (χ2n) is 3.98. The van der Waals surface area contributed by atoms with E-state index in [0.717, 1.165) is 9.64 Å². The summed E-state index contributed by atoms with van der Waals surface area (Å²) in [6.45, 7) is 0. The Bertz CT molecular complexity index is 793. The summed E-state index contributed by atoms with van der Waals surface area (Å²) >= 11 is 5.21. The van der Waals surface area contributed by atoms with E-state index >= 15 is 0 Å². The minimum Gasteiger partial charge on any atom is -0.279 e. The molecule has 0 radical (unpaired) electrons. The molecule has 0 amide bonds. The number of rotatable bonds is 4. The molecule has 0 aliphatic carbocycles. The second-order valence-corrected chi connectivity index (χ2v) is 7.79. The molecule has 2 aromatic carbocycles. The Labute approximate surface area is 143 Å². The zero-order valence-corrected chi connectivity index (χ0v) is 14.8. The number of benzene rings is 2. The van der Waals surface area contributed by atoms with Gasteiger partial charge in [-0.3, -0.25) is 14.8 Å². The number of anilines is 1. The Balaban J connectivity index is 2.46. The van der Waals surface area contributed by atoms with Crippen LogP contribution in [0.5, 0.6) is 0 Å². The van der Waals surface area contributed by atoms with E-state index in [9.17, 15) is 18.5 Å². The maximum Gasteiger partial charge on any atom is 0.289 e. The normalized spacial score (nSPS) is 11.1. The summed E-state index contributed by atoms with van der Waals surface area (Å²) in [6.07, 6.45) is 0. The summed E-state index contributed by atoms with van der Waals surface area (Å²) in [4.78, 5) is 9.86. The summed E-state index contributed by atoms with van der Waals surface area (Å²) < 4.78 is 28.4. The molecule has 0 fully saturated rings. The Morgan fingerprint density at radius 3 is 2.33 bits per heavy atom. The first-order chi connectivity index (χ1) is 9.79. The molecule has 0 aliphatic heterocycles. The van der Waals surface area contributed by atoms with Crippen LogP contribution in [0.3, 0.4) is 0 Å². The fraction of sp³-hybridized carbons (Fsp3) is 0. The van der Waals surface area contributed by atoms with Crippen LogP contribution in [-0.2, 0) is 10.0 Å². The third-order valence-electron chi connectivity index (χ3n) is 2.50. The van der Waals surface area contributed by atoms with Gasteiger partial charge in [0, 0.05) is 19.8 Å². The number of nitro groups is 1. The highest BCUT2D eigenvalue weighted by Crippen LogP contribution is 2.28. The zero-order chi connectivity index (χ0) is 15.6. The van der Waals surface area contributed by atoms with Crippen molar-refractivity contribution in [2.45, 2.75) is 4.90 Å². The van der Waals surface area contributed by atoms with Crippen molar-refractivity contribution in [3.63, 3.8) is 0 Å². The standard InChI is InChI=1S/C12H8BrIN2O4S/c13-8-1-6-11(16(17)18)12(7-8)21(19,20)15-10-4-2-9(14)3-5-10/h1-7,15H. The molecule has 0 heterocycles. The van der Waals surface area contributed by atoms with Crippen LogP contribution in [0.25, 0.3) is 0 Å². The van der Waals surface area contributed by atoms with Gasteiger partial charge in [0.05, 0.1) is 4.92 Å². The van der Waals surface area contributed by atoms with Crippen LogP contribution in [0, 0.1) is 13.7 Å². The number of halogens is 2. The molecule has 21 heavy (non-hydrogen) atoms. The van der Waals surface area contributed by atoms with Crippen LogP contribution < -0.4 is 4.72 Å². The van der Waals surface area contributed by atoms with Gasteiger partial charge in [0.15, 0.2) is 4.90 Å². The fourth-order valence-electron chi connectivity index (χ4n) is 1.58. The van der Waals surface area contributed by atoms with Gasteiger partial charge < -0.3 is 0 Å². The largest absolute Gasteiger partial charge is 0.289 e. The lowest BCUT2D eigenvalue weighted by molar-refractivity contribution is -0.387. The highest BCUT2D eigenvalue weighted by molar-refractivity contribution is 14.1. The van der Waals surface area contributed by atoms with Gasteiger partial charge in [0.2, 0.25) is 0 Å². The van der Waals surface area contributed by atoms with E-state index in [1.807, 2.05) is 0 Å². The Morgan fingerprint density at radius 1 is 1.14 bits per heavy atom. The third kappa shape index (κ3) is 3.92. The van der Waals surface area contributed by atoms with Crippen LogP contribution in [0.2, 0.25) is 0 Å². The van der Waals surface area contributed by atoms with Crippen molar-refractivity contribution in [3.05, 3.63) is 60.6 Å². The molecule has 2 rings (SSSR count). The number of hydrogen-bond acceptors (Lipinski definition) is 4. The van der Waals surface area contributed by atoms with Gasteiger partial charge >= 0.3 is 0 Å². The predicted molar refractivity (Wildman–Crippen MR) is 90.8 cm³/mol. The highest BCUT2D eigenvalue weighted by atomic mass is 127. The van der Waals surface area contributed by atoms with Gasteiger partial charge in [-0.05, 0) is 59.0 Å². The SMILES string of the molecule is O=[N+]([O-])c1ccc(Br)cc1S(=O)(=O)Nc1ccc(I)cc1. The Hall–Kier alpha value is -1.20. The lowest BCUT2D eigenvalue weighted by Gasteiger charge is -2.09. The summed E-state index contributed by atoms with van der Waals surface area (Å²) in [5.41, 5.74) is -0.138. The summed E-state index contributed by atoms with van der Waals surface area (Å²) in [6, 6.07) is 10.4. The van der Waals surface area contributed by atoms with Crippen LogP contribution in [0.1, 0.15) is 0 Å². The second kappa shape index (κ2) is 6.28. The van der Waals surface area contributed by atoms with Crippen molar-refractivity contribution in [1.29, 1.82) is 0 Å². The molecular weight excluding hydrogens is 475 g/mol. The number of nitrogens with one attached hydrogen (secondary N) is 1. The summed E-state index contributed by atoms with van der Waals surface area (Å²) in [5, 5.41) is 11.0. The molecule has 0 aromatic heterocycles. The average molecular weight is 483 g/mol. The maximum atomic E-state index is 12.3. The van der Waals surface area contributed by atoms with Gasteiger partial charge in [-0.2, -0.15) is 0 Å². The first kappa shape index (κ1) is 16.2. The molecule has 110 valence electrons. The minimum atomic E-state index is -4.05. The lowest BCUT2D eigenvalue weighted by Crippen LogP contribution is -2.14. The van der Waals surface area contributed by atoms with Crippen LogP contribution >= 0.6 is 38.5 Å². The lowest BCUT2D eigenvalue weighted by atomic mass is 10.3.